The molecule has 18 heavy (non-hydrogen) atoms. The normalized spacial score (nSPS) is 19.9. The molecule has 106 valence electrons. The van der Waals surface area contributed by atoms with Crippen LogP contribution in [0.2, 0.25) is 0 Å². The zero-order valence-electron chi connectivity index (χ0n) is 10.1. The van der Waals surface area contributed by atoms with E-state index in [2.05, 4.69) is 5.32 Å². The van der Waals surface area contributed by atoms with Crippen LogP contribution in [0.5, 0.6) is 0 Å². The van der Waals surface area contributed by atoms with Crippen LogP contribution in [-0.4, -0.2) is 56.0 Å². The highest BCUT2D eigenvalue weighted by Crippen LogP contribution is 2.14. The minimum Gasteiger partial charge on any atom is -0.480 e. The summed E-state index contributed by atoms with van der Waals surface area (Å²) in [6, 6.07) is -1.26. The Hall–Kier alpha value is -0.740. The smallest absolute Gasteiger partial charge is 0.321 e. The number of hydrogen-bond acceptors (Lipinski definition) is 5. The van der Waals surface area contributed by atoms with Crippen molar-refractivity contribution in [2.24, 2.45) is 16.8 Å². The zero-order valence-corrected chi connectivity index (χ0v) is 10.9. The molecule has 1 saturated heterocycles. The van der Waals surface area contributed by atoms with Crippen LogP contribution in [0.15, 0.2) is 0 Å². The molecule has 0 aliphatic carbocycles. The van der Waals surface area contributed by atoms with E-state index >= 15 is 0 Å². The summed E-state index contributed by atoms with van der Waals surface area (Å²) < 4.78 is 23.8. The van der Waals surface area contributed by atoms with Crippen molar-refractivity contribution in [2.45, 2.75) is 18.9 Å². The number of piperidine rings is 1. The first-order chi connectivity index (χ1) is 8.30. The molecule has 0 aromatic carbocycles. The van der Waals surface area contributed by atoms with Crippen LogP contribution < -0.4 is 16.2 Å². The summed E-state index contributed by atoms with van der Waals surface area (Å²) in [6.07, 6.45) is 1.68. The lowest BCUT2D eigenvalue weighted by molar-refractivity contribution is -0.138. The van der Waals surface area contributed by atoms with Gasteiger partial charge in [-0.1, -0.05) is 0 Å². The lowest BCUT2D eigenvalue weighted by Gasteiger charge is -2.29. The van der Waals surface area contributed by atoms with Gasteiger partial charge in [-0.25, -0.2) is 5.14 Å². The van der Waals surface area contributed by atoms with Crippen LogP contribution in [0.4, 0.5) is 0 Å². The SMILES string of the molecule is NC(CN(CC1CCNCC1)S(N)(=O)=O)C(=O)O. The molecule has 1 aliphatic heterocycles. The van der Waals surface area contributed by atoms with E-state index < -0.39 is 22.2 Å². The van der Waals surface area contributed by atoms with Gasteiger partial charge >= 0.3 is 5.97 Å². The lowest BCUT2D eigenvalue weighted by Crippen LogP contribution is -2.49. The number of carboxylic acids is 1. The second-order valence-electron chi connectivity index (χ2n) is 4.50. The number of nitrogens with zero attached hydrogens (tertiary/aromatic N) is 1. The maximum Gasteiger partial charge on any atom is 0.321 e. The number of carbonyl (C=O) groups is 1. The van der Waals surface area contributed by atoms with Crippen LogP contribution >= 0.6 is 0 Å². The summed E-state index contributed by atoms with van der Waals surface area (Å²) in [7, 11) is -3.92. The molecule has 0 aromatic heterocycles. The van der Waals surface area contributed by atoms with Gasteiger partial charge in [0.15, 0.2) is 0 Å². The van der Waals surface area contributed by atoms with Crippen molar-refractivity contribution in [1.29, 1.82) is 0 Å². The quantitative estimate of drug-likeness (QED) is 0.440. The third-order valence-electron chi connectivity index (χ3n) is 3.00. The Morgan fingerprint density at radius 1 is 1.44 bits per heavy atom. The molecular formula is C9H20N4O4S. The summed E-state index contributed by atoms with van der Waals surface area (Å²) >= 11 is 0. The zero-order chi connectivity index (χ0) is 13.8. The average molecular weight is 280 g/mol. The van der Waals surface area contributed by atoms with E-state index in [9.17, 15) is 13.2 Å². The molecular weight excluding hydrogens is 260 g/mol. The predicted octanol–water partition coefficient (Wildman–Crippen LogP) is -2.10. The number of aliphatic carboxylic acids is 1. The molecule has 0 amide bonds. The first-order valence-corrected chi connectivity index (χ1v) is 7.28. The topological polar surface area (TPSA) is 139 Å². The van der Waals surface area contributed by atoms with Gasteiger partial charge in [0.2, 0.25) is 0 Å². The molecule has 1 atom stereocenters. The van der Waals surface area contributed by atoms with Crippen molar-refractivity contribution >= 4 is 16.2 Å². The van der Waals surface area contributed by atoms with Gasteiger partial charge in [0.1, 0.15) is 6.04 Å². The fourth-order valence-electron chi connectivity index (χ4n) is 1.93. The van der Waals surface area contributed by atoms with E-state index in [1.807, 2.05) is 0 Å². The summed E-state index contributed by atoms with van der Waals surface area (Å²) in [5.74, 6) is -1.06. The molecule has 1 rings (SSSR count). The van der Waals surface area contributed by atoms with E-state index in [0.29, 0.717) is 0 Å². The van der Waals surface area contributed by atoms with Crippen molar-refractivity contribution in [3.63, 3.8) is 0 Å². The fraction of sp³-hybridized carbons (Fsp3) is 0.889. The largest absolute Gasteiger partial charge is 0.480 e. The van der Waals surface area contributed by atoms with Crippen LogP contribution in [0.1, 0.15) is 12.8 Å². The van der Waals surface area contributed by atoms with Crippen molar-refractivity contribution in [3.8, 4) is 0 Å². The van der Waals surface area contributed by atoms with Crippen molar-refractivity contribution < 1.29 is 18.3 Å². The molecule has 6 N–H and O–H groups in total. The number of rotatable bonds is 6. The molecule has 0 saturated carbocycles. The van der Waals surface area contributed by atoms with Crippen molar-refractivity contribution in [2.75, 3.05) is 26.2 Å². The van der Waals surface area contributed by atoms with Crippen molar-refractivity contribution in [1.82, 2.24) is 9.62 Å². The molecule has 1 unspecified atom stereocenters. The van der Waals surface area contributed by atoms with Gasteiger partial charge in [-0.3, -0.25) is 4.79 Å². The first kappa shape index (κ1) is 15.3. The summed E-state index contributed by atoms with van der Waals surface area (Å²) in [5.41, 5.74) is 5.35. The van der Waals surface area contributed by atoms with Gasteiger partial charge in [0.25, 0.3) is 10.2 Å². The van der Waals surface area contributed by atoms with Crippen molar-refractivity contribution in [3.05, 3.63) is 0 Å². The van der Waals surface area contributed by atoms with E-state index in [1.54, 1.807) is 0 Å². The minimum absolute atomic E-state index is 0.186. The number of carboxylic acid groups (broad SMARTS) is 1. The van der Waals surface area contributed by atoms with Crippen LogP contribution in [0.3, 0.4) is 0 Å². The van der Waals surface area contributed by atoms with Crippen LogP contribution in [0.25, 0.3) is 0 Å². The second-order valence-corrected chi connectivity index (χ2v) is 6.05. The highest BCUT2D eigenvalue weighted by molar-refractivity contribution is 7.86. The monoisotopic (exact) mass is 280 g/mol. The highest BCUT2D eigenvalue weighted by Gasteiger charge is 2.27. The third-order valence-corrected chi connectivity index (χ3v) is 4.02. The van der Waals surface area contributed by atoms with Crippen LogP contribution in [-0.2, 0) is 15.0 Å². The van der Waals surface area contributed by atoms with Gasteiger partial charge < -0.3 is 16.2 Å². The van der Waals surface area contributed by atoms with Gasteiger partial charge in [-0.2, -0.15) is 12.7 Å². The maximum absolute atomic E-state index is 11.4. The summed E-state index contributed by atoms with van der Waals surface area (Å²) in [4.78, 5) is 10.7. The standard InChI is InChI=1S/C9H20N4O4S/c10-8(9(14)15)6-13(18(11,16)17)5-7-1-3-12-4-2-7/h7-8,12H,1-6,10H2,(H,14,15)(H2,11,16,17). The molecule has 1 heterocycles. The first-order valence-electron chi connectivity index (χ1n) is 5.77. The number of nitrogens with one attached hydrogen (secondary N) is 1. The minimum atomic E-state index is -3.92. The average Bonchev–Trinajstić information content (AvgIpc) is 2.28. The van der Waals surface area contributed by atoms with Gasteiger partial charge in [-0.15, -0.1) is 0 Å². The second kappa shape index (κ2) is 6.43. The van der Waals surface area contributed by atoms with Gasteiger partial charge in [0, 0.05) is 13.1 Å². The van der Waals surface area contributed by atoms with E-state index in [1.165, 1.54) is 0 Å². The highest BCUT2D eigenvalue weighted by atomic mass is 32.2. The molecule has 9 heteroatoms. The summed E-state index contributed by atoms with van der Waals surface area (Å²) in [5, 5.41) is 17.0. The molecule has 0 aromatic rings. The molecule has 8 nitrogen and oxygen atoms in total. The Labute approximate surface area is 106 Å². The van der Waals surface area contributed by atoms with E-state index in [4.69, 9.17) is 16.0 Å². The Kier molecular flexibility index (Phi) is 5.47. The third kappa shape index (κ3) is 4.86. The number of hydrogen-bond donors (Lipinski definition) is 4. The Bertz CT molecular complexity index is 380. The Morgan fingerprint density at radius 2 is 2.00 bits per heavy atom. The Balaban J connectivity index is 2.63. The Morgan fingerprint density at radius 3 is 2.44 bits per heavy atom. The molecule has 1 aliphatic rings. The number of nitrogens with two attached hydrogens (primary N) is 2. The van der Waals surface area contributed by atoms with E-state index in [-0.39, 0.29) is 19.0 Å². The molecule has 0 radical (unpaired) electrons. The lowest BCUT2D eigenvalue weighted by atomic mass is 9.98. The maximum atomic E-state index is 11.4. The molecule has 1 fully saturated rings. The predicted molar refractivity (Wildman–Crippen MR) is 65.9 cm³/mol. The fourth-order valence-corrected chi connectivity index (χ4v) is 2.72. The van der Waals surface area contributed by atoms with Gasteiger partial charge in [-0.05, 0) is 31.8 Å². The molecule has 0 spiro atoms. The summed E-state index contributed by atoms with van der Waals surface area (Å²) in [6.45, 7) is 1.59. The van der Waals surface area contributed by atoms with Gasteiger partial charge in [0.05, 0.1) is 0 Å². The van der Waals surface area contributed by atoms with E-state index in [0.717, 1.165) is 30.2 Å². The van der Waals surface area contributed by atoms with Crippen LogP contribution in [0, 0.1) is 5.92 Å². The molecule has 0 bridgehead atoms.